The quantitative estimate of drug-likeness (QED) is 0.698. The molecule has 2 aromatic rings. The monoisotopic (exact) mass is 412 g/mol. The average Bonchev–Trinajstić information content (AvgIpc) is 3.22. The summed E-state index contributed by atoms with van der Waals surface area (Å²) >= 11 is 0. The van der Waals surface area contributed by atoms with E-state index in [-0.39, 0.29) is 18.5 Å². The van der Waals surface area contributed by atoms with Crippen molar-refractivity contribution in [3.63, 3.8) is 0 Å². The average molecular weight is 413 g/mol. The van der Waals surface area contributed by atoms with Gasteiger partial charge in [0.25, 0.3) is 0 Å². The van der Waals surface area contributed by atoms with E-state index >= 15 is 0 Å². The molecule has 1 amide bonds. The summed E-state index contributed by atoms with van der Waals surface area (Å²) in [6, 6.07) is 12.7. The highest BCUT2D eigenvalue weighted by Crippen LogP contribution is 2.32. The molecule has 0 N–H and O–H groups in total. The maximum absolute atomic E-state index is 13.8. The summed E-state index contributed by atoms with van der Waals surface area (Å²) in [6.07, 6.45) is 3.25. The molecular formula is C24H29FN2O3. The van der Waals surface area contributed by atoms with Crippen LogP contribution in [-0.2, 0) is 17.6 Å². The number of carbonyl (C=O) groups is 1. The van der Waals surface area contributed by atoms with Crippen molar-refractivity contribution in [2.45, 2.75) is 25.7 Å². The Balaban J connectivity index is 1.20. The number of amides is 1. The summed E-state index contributed by atoms with van der Waals surface area (Å²) in [6.45, 7) is 3.91. The van der Waals surface area contributed by atoms with Crippen molar-refractivity contribution in [3.8, 4) is 11.5 Å². The first-order chi connectivity index (χ1) is 14.6. The van der Waals surface area contributed by atoms with Gasteiger partial charge in [0.15, 0.2) is 11.5 Å². The van der Waals surface area contributed by atoms with Crippen LogP contribution in [0.1, 0.15) is 24.0 Å². The SMILES string of the molecule is CN(CC1CCN(CCc2ccccc2F)CC1)C(=O)Cc1ccc2c(c1)OCO2. The molecule has 0 bridgehead atoms. The Morgan fingerprint density at radius 2 is 1.90 bits per heavy atom. The molecule has 5 nitrogen and oxygen atoms in total. The minimum Gasteiger partial charge on any atom is -0.454 e. The van der Waals surface area contributed by atoms with Crippen LogP contribution >= 0.6 is 0 Å². The fraction of sp³-hybridized carbons (Fsp3) is 0.458. The van der Waals surface area contributed by atoms with Crippen molar-refractivity contribution in [1.82, 2.24) is 9.80 Å². The number of rotatable bonds is 7. The lowest BCUT2D eigenvalue weighted by Gasteiger charge is -2.34. The molecule has 6 heteroatoms. The Morgan fingerprint density at radius 3 is 2.70 bits per heavy atom. The normalized spacial score (nSPS) is 16.6. The Hall–Kier alpha value is -2.60. The molecule has 2 aromatic carbocycles. The molecule has 0 unspecified atom stereocenters. The van der Waals surface area contributed by atoms with Crippen LogP contribution in [0.2, 0.25) is 0 Å². The Morgan fingerprint density at radius 1 is 1.13 bits per heavy atom. The van der Waals surface area contributed by atoms with Crippen LogP contribution in [0, 0.1) is 11.7 Å². The van der Waals surface area contributed by atoms with Crippen LogP contribution in [0.4, 0.5) is 4.39 Å². The number of likely N-dealkylation sites (N-methyl/N-ethyl adjacent to an activating group) is 1. The number of piperidine rings is 1. The second-order valence-corrected chi connectivity index (χ2v) is 8.27. The van der Waals surface area contributed by atoms with E-state index < -0.39 is 0 Å². The molecule has 0 radical (unpaired) electrons. The molecule has 0 aliphatic carbocycles. The van der Waals surface area contributed by atoms with E-state index in [0.717, 1.165) is 62.3 Å². The molecule has 2 aliphatic rings. The summed E-state index contributed by atoms with van der Waals surface area (Å²) in [7, 11) is 1.89. The molecule has 30 heavy (non-hydrogen) atoms. The van der Waals surface area contributed by atoms with Crippen molar-refractivity contribution in [2.75, 3.05) is 40.0 Å². The van der Waals surface area contributed by atoms with Gasteiger partial charge in [-0.2, -0.15) is 0 Å². The first kappa shape index (κ1) is 20.7. The lowest BCUT2D eigenvalue weighted by molar-refractivity contribution is -0.129. The summed E-state index contributed by atoms with van der Waals surface area (Å²) in [5.74, 6) is 1.97. The Bertz CT molecular complexity index is 881. The third-order valence-electron chi connectivity index (χ3n) is 6.11. The van der Waals surface area contributed by atoms with Crippen LogP contribution in [0.25, 0.3) is 0 Å². The third-order valence-corrected chi connectivity index (χ3v) is 6.11. The highest BCUT2D eigenvalue weighted by atomic mass is 19.1. The van der Waals surface area contributed by atoms with Crippen molar-refractivity contribution in [3.05, 3.63) is 59.4 Å². The van der Waals surface area contributed by atoms with Gasteiger partial charge in [0, 0.05) is 20.1 Å². The maximum atomic E-state index is 13.8. The molecule has 1 saturated heterocycles. The molecule has 1 fully saturated rings. The summed E-state index contributed by atoms with van der Waals surface area (Å²) < 4.78 is 24.5. The number of carbonyl (C=O) groups excluding carboxylic acids is 1. The van der Waals surface area contributed by atoms with Crippen molar-refractivity contribution < 1.29 is 18.7 Å². The zero-order valence-electron chi connectivity index (χ0n) is 17.5. The van der Waals surface area contributed by atoms with E-state index in [2.05, 4.69) is 4.90 Å². The molecule has 0 saturated carbocycles. The van der Waals surface area contributed by atoms with Gasteiger partial charge in [0.05, 0.1) is 6.42 Å². The second kappa shape index (κ2) is 9.47. The highest BCUT2D eigenvalue weighted by Gasteiger charge is 2.23. The van der Waals surface area contributed by atoms with Gasteiger partial charge in [0.1, 0.15) is 5.82 Å². The van der Waals surface area contributed by atoms with Crippen LogP contribution in [0.3, 0.4) is 0 Å². The molecule has 0 atom stereocenters. The summed E-state index contributed by atoms with van der Waals surface area (Å²) in [4.78, 5) is 16.9. The lowest BCUT2D eigenvalue weighted by atomic mass is 9.95. The van der Waals surface area contributed by atoms with Crippen molar-refractivity contribution in [1.29, 1.82) is 0 Å². The van der Waals surface area contributed by atoms with Crippen LogP contribution in [-0.4, -0.2) is 55.7 Å². The standard InChI is InChI=1S/C24H29FN2O3/c1-26(24(28)15-19-6-7-22-23(14-19)30-17-29-22)16-18-8-11-27(12-9-18)13-10-20-4-2-3-5-21(20)25/h2-7,14,18H,8-13,15-17H2,1H3. The lowest BCUT2D eigenvalue weighted by Crippen LogP contribution is -2.40. The zero-order valence-corrected chi connectivity index (χ0v) is 17.5. The molecule has 160 valence electrons. The van der Waals surface area contributed by atoms with E-state index in [1.165, 1.54) is 6.07 Å². The number of ether oxygens (including phenoxy) is 2. The Kier molecular flexibility index (Phi) is 6.53. The molecular weight excluding hydrogens is 383 g/mol. The second-order valence-electron chi connectivity index (χ2n) is 8.27. The van der Waals surface area contributed by atoms with E-state index in [4.69, 9.17) is 9.47 Å². The van der Waals surface area contributed by atoms with Gasteiger partial charge in [-0.25, -0.2) is 4.39 Å². The maximum Gasteiger partial charge on any atom is 0.231 e. The number of hydrogen-bond acceptors (Lipinski definition) is 4. The predicted octanol–water partition coefficient (Wildman–Crippen LogP) is 3.51. The van der Waals surface area contributed by atoms with Gasteiger partial charge in [-0.3, -0.25) is 4.79 Å². The van der Waals surface area contributed by atoms with E-state index in [1.807, 2.05) is 42.3 Å². The number of nitrogens with zero attached hydrogens (tertiary/aromatic N) is 2. The smallest absolute Gasteiger partial charge is 0.231 e. The number of halogens is 1. The van der Waals surface area contributed by atoms with Gasteiger partial charge >= 0.3 is 0 Å². The highest BCUT2D eigenvalue weighted by molar-refractivity contribution is 5.78. The fourth-order valence-electron chi connectivity index (χ4n) is 4.22. The van der Waals surface area contributed by atoms with Gasteiger partial charge in [-0.05, 0) is 67.6 Å². The fourth-order valence-corrected chi connectivity index (χ4v) is 4.22. The van der Waals surface area contributed by atoms with Crippen molar-refractivity contribution in [2.24, 2.45) is 5.92 Å². The zero-order chi connectivity index (χ0) is 20.9. The van der Waals surface area contributed by atoms with Crippen molar-refractivity contribution >= 4 is 5.91 Å². The minimum absolute atomic E-state index is 0.116. The minimum atomic E-state index is -0.116. The molecule has 4 rings (SSSR count). The number of likely N-dealkylation sites (tertiary alicyclic amines) is 1. The van der Waals surface area contributed by atoms with Crippen LogP contribution in [0.5, 0.6) is 11.5 Å². The molecule has 0 spiro atoms. The topological polar surface area (TPSA) is 42.0 Å². The van der Waals surface area contributed by atoms with E-state index in [0.29, 0.717) is 18.1 Å². The molecule has 0 aromatic heterocycles. The number of hydrogen-bond donors (Lipinski definition) is 0. The van der Waals surface area contributed by atoms with Gasteiger partial charge in [0.2, 0.25) is 12.7 Å². The molecule has 2 aliphatic heterocycles. The van der Waals surface area contributed by atoms with Crippen LogP contribution < -0.4 is 9.47 Å². The van der Waals surface area contributed by atoms with Gasteiger partial charge in [-0.1, -0.05) is 24.3 Å². The Labute approximate surface area is 177 Å². The number of benzene rings is 2. The summed E-state index contributed by atoms with van der Waals surface area (Å²) in [5.41, 5.74) is 1.73. The van der Waals surface area contributed by atoms with Crippen LogP contribution in [0.15, 0.2) is 42.5 Å². The number of fused-ring (bicyclic) bond motifs is 1. The van der Waals surface area contributed by atoms with E-state index in [9.17, 15) is 9.18 Å². The van der Waals surface area contributed by atoms with E-state index in [1.54, 1.807) is 6.07 Å². The largest absolute Gasteiger partial charge is 0.454 e. The summed E-state index contributed by atoms with van der Waals surface area (Å²) in [5, 5.41) is 0. The van der Waals surface area contributed by atoms with Gasteiger partial charge < -0.3 is 19.3 Å². The third kappa shape index (κ3) is 5.11. The first-order valence-corrected chi connectivity index (χ1v) is 10.7. The molecule has 2 heterocycles. The van der Waals surface area contributed by atoms with Gasteiger partial charge in [-0.15, -0.1) is 0 Å². The predicted molar refractivity (Wildman–Crippen MR) is 113 cm³/mol. The first-order valence-electron chi connectivity index (χ1n) is 10.7.